The molecule has 5 nitrogen and oxygen atoms in total. The molecule has 2 N–H and O–H groups in total. The molecule has 0 unspecified atom stereocenters. The minimum atomic E-state index is -0.931. The van der Waals surface area contributed by atoms with E-state index in [0.29, 0.717) is 6.42 Å². The molecule has 2 aliphatic heterocycles. The van der Waals surface area contributed by atoms with Crippen LogP contribution in [0.5, 0.6) is 0 Å². The lowest BCUT2D eigenvalue weighted by Crippen LogP contribution is -2.57. The molecular formula is C20H28FN3O2. The fourth-order valence-corrected chi connectivity index (χ4v) is 4.38. The van der Waals surface area contributed by atoms with Crippen molar-refractivity contribution < 1.29 is 14.0 Å². The fraction of sp³-hybridized carbons (Fsp3) is 0.600. The highest BCUT2D eigenvalue weighted by Crippen LogP contribution is 2.36. The molecule has 2 heterocycles. The van der Waals surface area contributed by atoms with Gasteiger partial charge in [-0.1, -0.05) is 26.0 Å². The van der Waals surface area contributed by atoms with Crippen LogP contribution in [0.25, 0.3) is 0 Å². The van der Waals surface area contributed by atoms with Crippen LogP contribution in [0.2, 0.25) is 0 Å². The maximum atomic E-state index is 13.5. The summed E-state index contributed by atoms with van der Waals surface area (Å²) in [4.78, 5) is 27.7. The Hall–Kier alpha value is -1.95. The van der Waals surface area contributed by atoms with Gasteiger partial charge in [-0.3, -0.25) is 9.69 Å². The lowest BCUT2D eigenvalue weighted by atomic mass is 9.74. The van der Waals surface area contributed by atoms with Crippen molar-refractivity contribution in [2.75, 3.05) is 13.1 Å². The molecule has 6 heteroatoms. The monoisotopic (exact) mass is 361 g/mol. The first-order valence-corrected chi connectivity index (χ1v) is 9.62. The number of rotatable bonds is 6. The van der Waals surface area contributed by atoms with Crippen LogP contribution < -0.4 is 10.6 Å². The first-order chi connectivity index (χ1) is 12.5. The summed E-state index contributed by atoms with van der Waals surface area (Å²) >= 11 is 0. The molecule has 0 bridgehead atoms. The smallest absolute Gasteiger partial charge is 0.322 e. The van der Waals surface area contributed by atoms with Crippen molar-refractivity contribution in [1.82, 2.24) is 15.5 Å². The Labute approximate surface area is 154 Å². The zero-order valence-corrected chi connectivity index (χ0v) is 15.6. The first kappa shape index (κ1) is 18.8. The van der Waals surface area contributed by atoms with Gasteiger partial charge >= 0.3 is 6.03 Å². The summed E-state index contributed by atoms with van der Waals surface area (Å²) < 4.78 is 13.3. The number of halogens is 1. The SMILES string of the molecule is CCC(CC)N1C(=O)N[C@](Cc2ccc(F)cc2)(C2CCNCC2)C1=O. The summed E-state index contributed by atoms with van der Waals surface area (Å²) in [6.45, 7) is 5.67. The number of nitrogens with one attached hydrogen (secondary N) is 2. The number of piperidine rings is 1. The molecule has 2 fully saturated rings. The van der Waals surface area contributed by atoms with Crippen LogP contribution in [-0.2, 0) is 11.2 Å². The third kappa shape index (κ3) is 3.34. The second-order valence-corrected chi connectivity index (χ2v) is 7.37. The molecule has 0 radical (unpaired) electrons. The third-order valence-electron chi connectivity index (χ3n) is 5.89. The van der Waals surface area contributed by atoms with Crippen LogP contribution in [0.1, 0.15) is 45.1 Å². The summed E-state index contributed by atoms with van der Waals surface area (Å²) in [6.07, 6.45) is 3.57. The number of imide groups is 1. The maximum absolute atomic E-state index is 13.5. The summed E-state index contributed by atoms with van der Waals surface area (Å²) in [5, 5.41) is 6.39. The van der Waals surface area contributed by atoms with Crippen molar-refractivity contribution in [1.29, 1.82) is 0 Å². The van der Waals surface area contributed by atoms with Gasteiger partial charge in [0.1, 0.15) is 11.4 Å². The second kappa shape index (κ2) is 7.74. The summed E-state index contributed by atoms with van der Waals surface area (Å²) in [5.41, 5.74) is -0.0652. The van der Waals surface area contributed by atoms with Gasteiger partial charge in [-0.25, -0.2) is 9.18 Å². The molecule has 1 atom stereocenters. The molecule has 0 saturated carbocycles. The zero-order valence-electron chi connectivity index (χ0n) is 15.6. The number of amides is 3. The van der Waals surface area contributed by atoms with E-state index in [1.54, 1.807) is 12.1 Å². The second-order valence-electron chi connectivity index (χ2n) is 7.37. The highest BCUT2D eigenvalue weighted by atomic mass is 19.1. The van der Waals surface area contributed by atoms with E-state index in [9.17, 15) is 14.0 Å². The molecule has 3 amide bonds. The highest BCUT2D eigenvalue weighted by molar-refractivity contribution is 6.07. The Balaban J connectivity index is 1.96. The number of hydrogen-bond acceptors (Lipinski definition) is 3. The van der Waals surface area contributed by atoms with Crippen molar-refractivity contribution in [3.05, 3.63) is 35.6 Å². The first-order valence-electron chi connectivity index (χ1n) is 9.62. The van der Waals surface area contributed by atoms with E-state index in [2.05, 4.69) is 10.6 Å². The molecule has 2 aliphatic rings. The van der Waals surface area contributed by atoms with Crippen molar-refractivity contribution in [3.63, 3.8) is 0 Å². The fourth-order valence-electron chi connectivity index (χ4n) is 4.38. The number of hydrogen-bond donors (Lipinski definition) is 2. The summed E-state index contributed by atoms with van der Waals surface area (Å²) in [7, 11) is 0. The Morgan fingerprint density at radius 1 is 1.15 bits per heavy atom. The van der Waals surface area contributed by atoms with E-state index < -0.39 is 5.54 Å². The highest BCUT2D eigenvalue weighted by Gasteiger charge is 2.56. The van der Waals surface area contributed by atoms with E-state index in [0.717, 1.165) is 44.3 Å². The van der Waals surface area contributed by atoms with E-state index in [1.807, 2.05) is 13.8 Å². The Morgan fingerprint density at radius 2 is 1.77 bits per heavy atom. The maximum Gasteiger partial charge on any atom is 0.325 e. The molecule has 3 rings (SSSR count). The van der Waals surface area contributed by atoms with Gasteiger partial charge < -0.3 is 10.6 Å². The van der Waals surface area contributed by atoms with E-state index in [-0.39, 0.29) is 29.7 Å². The van der Waals surface area contributed by atoms with Gasteiger partial charge in [-0.2, -0.15) is 0 Å². The Kier molecular flexibility index (Phi) is 5.61. The van der Waals surface area contributed by atoms with Crippen LogP contribution in [0.3, 0.4) is 0 Å². The number of carbonyl (C=O) groups excluding carboxylic acids is 2. The molecule has 2 saturated heterocycles. The van der Waals surface area contributed by atoms with Gasteiger partial charge in [-0.05, 0) is 62.4 Å². The van der Waals surface area contributed by atoms with Crippen LogP contribution in [0, 0.1) is 11.7 Å². The third-order valence-corrected chi connectivity index (χ3v) is 5.89. The lowest BCUT2D eigenvalue weighted by Gasteiger charge is -2.38. The quantitative estimate of drug-likeness (QED) is 0.766. The summed E-state index contributed by atoms with van der Waals surface area (Å²) in [5.74, 6) is -0.345. The Morgan fingerprint density at radius 3 is 2.35 bits per heavy atom. The van der Waals surface area contributed by atoms with Gasteiger partial charge in [0, 0.05) is 12.5 Å². The predicted molar refractivity (Wildman–Crippen MR) is 98.2 cm³/mol. The normalized spacial score (nSPS) is 24.4. The molecule has 0 aromatic heterocycles. The van der Waals surface area contributed by atoms with E-state index in [4.69, 9.17) is 0 Å². The van der Waals surface area contributed by atoms with Crippen LogP contribution in [0.4, 0.5) is 9.18 Å². The minimum Gasteiger partial charge on any atom is -0.322 e. The molecule has 26 heavy (non-hydrogen) atoms. The standard InChI is InChI=1S/C20H28FN3O2/c1-3-17(4-2)24-18(25)20(23-19(24)26,15-9-11-22-12-10-15)13-14-5-7-16(21)8-6-14/h5-8,15,17,22H,3-4,9-13H2,1-2H3,(H,23,26)/t20-/m1/s1. The minimum absolute atomic E-state index is 0.0737. The van der Waals surface area contributed by atoms with Gasteiger partial charge in [0.05, 0.1) is 0 Å². The van der Waals surface area contributed by atoms with Crippen LogP contribution in [-0.4, -0.2) is 41.5 Å². The predicted octanol–water partition coefficient (Wildman–Crippen LogP) is 2.85. The van der Waals surface area contributed by atoms with Gasteiger partial charge in [0.2, 0.25) is 0 Å². The van der Waals surface area contributed by atoms with Crippen LogP contribution in [0.15, 0.2) is 24.3 Å². The van der Waals surface area contributed by atoms with E-state index >= 15 is 0 Å². The van der Waals surface area contributed by atoms with Crippen molar-refractivity contribution in [2.24, 2.45) is 5.92 Å². The largest absolute Gasteiger partial charge is 0.325 e. The lowest BCUT2D eigenvalue weighted by molar-refractivity contribution is -0.135. The van der Waals surface area contributed by atoms with Crippen LogP contribution >= 0.6 is 0 Å². The van der Waals surface area contributed by atoms with Gasteiger partial charge in [0.25, 0.3) is 5.91 Å². The molecular weight excluding hydrogens is 333 g/mol. The topological polar surface area (TPSA) is 61.4 Å². The molecule has 1 aromatic carbocycles. The molecule has 1 aromatic rings. The summed E-state index contributed by atoms with van der Waals surface area (Å²) in [6, 6.07) is 5.86. The molecule has 0 spiro atoms. The number of benzene rings is 1. The van der Waals surface area contributed by atoms with E-state index in [1.165, 1.54) is 17.0 Å². The zero-order chi connectivity index (χ0) is 18.7. The number of urea groups is 1. The van der Waals surface area contributed by atoms with Crippen molar-refractivity contribution >= 4 is 11.9 Å². The Bertz CT molecular complexity index is 654. The molecule has 142 valence electrons. The average molecular weight is 361 g/mol. The number of nitrogens with zero attached hydrogens (tertiary/aromatic N) is 1. The van der Waals surface area contributed by atoms with Gasteiger partial charge in [0.15, 0.2) is 0 Å². The average Bonchev–Trinajstić information content (AvgIpc) is 2.91. The van der Waals surface area contributed by atoms with Crippen molar-refractivity contribution in [2.45, 2.75) is 57.5 Å². The van der Waals surface area contributed by atoms with Crippen molar-refractivity contribution in [3.8, 4) is 0 Å². The number of carbonyl (C=O) groups is 2. The molecule has 0 aliphatic carbocycles. The van der Waals surface area contributed by atoms with Gasteiger partial charge in [-0.15, -0.1) is 0 Å².